The Kier molecular flexibility index (Phi) is 4.05. The van der Waals surface area contributed by atoms with Crippen LogP contribution in [0.15, 0.2) is 72.8 Å². The molecule has 1 unspecified atom stereocenters. The maximum absolute atomic E-state index is 11.6. The highest BCUT2D eigenvalue weighted by Crippen LogP contribution is 2.29. The van der Waals surface area contributed by atoms with Crippen LogP contribution >= 0.6 is 0 Å². The van der Waals surface area contributed by atoms with E-state index < -0.39 is 12.3 Å². The monoisotopic (exact) mass is 292 g/mol. The zero-order chi connectivity index (χ0) is 15.4. The molecule has 0 fully saturated rings. The van der Waals surface area contributed by atoms with Gasteiger partial charge in [-0.1, -0.05) is 66.7 Å². The quantitative estimate of drug-likeness (QED) is 0.656. The summed E-state index contributed by atoms with van der Waals surface area (Å²) in [5.74, 6) is 0. The van der Waals surface area contributed by atoms with E-state index in [-0.39, 0.29) is 0 Å². The molecule has 0 radical (unpaired) electrons. The standard InChI is InChI=1S/C19H16O3/c1-21-19(20)22-18(15-8-3-2-4-9-15)17-12-11-14-7-5-6-10-16(14)13-17/h2-13,18H,1H3. The van der Waals surface area contributed by atoms with Crippen molar-refractivity contribution in [1.29, 1.82) is 0 Å². The number of carbonyl (C=O) groups is 1. The maximum Gasteiger partial charge on any atom is 0.508 e. The van der Waals surface area contributed by atoms with E-state index >= 15 is 0 Å². The van der Waals surface area contributed by atoms with Crippen LogP contribution in [0.5, 0.6) is 0 Å². The fraction of sp³-hybridized carbons (Fsp3) is 0.105. The molecule has 3 aromatic carbocycles. The van der Waals surface area contributed by atoms with Gasteiger partial charge in [0.1, 0.15) is 0 Å². The number of hydrogen-bond acceptors (Lipinski definition) is 3. The van der Waals surface area contributed by atoms with Crippen molar-refractivity contribution < 1.29 is 14.3 Å². The first-order valence-electron chi connectivity index (χ1n) is 7.06. The Labute approximate surface area is 129 Å². The molecule has 0 N–H and O–H groups in total. The maximum atomic E-state index is 11.6. The zero-order valence-corrected chi connectivity index (χ0v) is 12.2. The van der Waals surface area contributed by atoms with Gasteiger partial charge in [-0.25, -0.2) is 4.79 Å². The molecular weight excluding hydrogens is 276 g/mol. The average Bonchev–Trinajstić information content (AvgIpc) is 2.59. The third-order valence-electron chi connectivity index (χ3n) is 3.56. The van der Waals surface area contributed by atoms with Crippen molar-refractivity contribution in [2.45, 2.75) is 6.10 Å². The zero-order valence-electron chi connectivity index (χ0n) is 12.2. The number of fused-ring (bicyclic) bond motifs is 1. The van der Waals surface area contributed by atoms with Crippen molar-refractivity contribution in [1.82, 2.24) is 0 Å². The predicted octanol–water partition coefficient (Wildman–Crippen LogP) is 4.71. The van der Waals surface area contributed by atoms with Crippen LogP contribution < -0.4 is 0 Å². The second-order valence-electron chi connectivity index (χ2n) is 4.97. The molecule has 0 aromatic heterocycles. The van der Waals surface area contributed by atoms with Gasteiger partial charge in [0, 0.05) is 0 Å². The highest BCUT2D eigenvalue weighted by Gasteiger charge is 2.19. The summed E-state index contributed by atoms with van der Waals surface area (Å²) < 4.78 is 10.1. The molecule has 3 nitrogen and oxygen atoms in total. The van der Waals surface area contributed by atoms with Crippen molar-refractivity contribution in [3.63, 3.8) is 0 Å². The van der Waals surface area contributed by atoms with Crippen LogP contribution in [0.2, 0.25) is 0 Å². The first kappa shape index (κ1) is 14.1. The van der Waals surface area contributed by atoms with Crippen LogP contribution in [0.3, 0.4) is 0 Å². The minimum Gasteiger partial charge on any atom is -0.438 e. The lowest BCUT2D eigenvalue weighted by Crippen LogP contribution is -2.12. The smallest absolute Gasteiger partial charge is 0.438 e. The fourth-order valence-electron chi connectivity index (χ4n) is 2.47. The van der Waals surface area contributed by atoms with Gasteiger partial charge in [-0.05, 0) is 28.0 Å². The summed E-state index contributed by atoms with van der Waals surface area (Å²) in [5, 5.41) is 2.26. The Bertz CT molecular complexity index is 781. The van der Waals surface area contributed by atoms with Gasteiger partial charge in [-0.3, -0.25) is 0 Å². The Morgan fingerprint density at radius 2 is 1.50 bits per heavy atom. The van der Waals surface area contributed by atoms with Crippen molar-refractivity contribution in [2.24, 2.45) is 0 Å². The van der Waals surface area contributed by atoms with Gasteiger partial charge in [0.2, 0.25) is 0 Å². The summed E-state index contributed by atoms with van der Waals surface area (Å²) in [7, 11) is 1.31. The van der Waals surface area contributed by atoms with Gasteiger partial charge in [-0.15, -0.1) is 0 Å². The number of ether oxygens (including phenoxy) is 2. The third kappa shape index (κ3) is 2.93. The minimum absolute atomic E-state index is 0.488. The van der Waals surface area contributed by atoms with E-state index in [0.717, 1.165) is 21.9 Å². The van der Waals surface area contributed by atoms with Crippen molar-refractivity contribution in [3.05, 3.63) is 83.9 Å². The van der Waals surface area contributed by atoms with Crippen LogP contribution in [-0.2, 0) is 9.47 Å². The molecule has 0 spiro atoms. The average molecular weight is 292 g/mol. The Hall–Kier alpha value is -2.81. The van der Waals surface area contributed by atoms with Crippen LogP contribution in [-0.4, -0.2) is 13.3 Å². The Morgan fingerprint density at radius 3 is 2.23 bits per heavy atom. The first-order chi connectivity index (χ1) is 10.8. The van der Waals surface area contributed by atoms with Gasteiger partial charge in [-0.2, -0.15) is 0 Å². The molecule has 1 atom stereocenters. The number of hydrogen-bond donors (Lipinski definition) is 0. The molecule has 22 heavy (non-hydrogen) atoms. The molecule has 0 amide bonds. The molecular formula is C19H16O3. The van der Waals surface area contributed by atoms with Crippen molar-refractivity contribution in [3.8, 4) is 0 Å². The van der Waals surface area contributed by atoms with E-state index in [4.69, 9.17) is 4.74 Å². The molecule has 0 saturated carbocycles. The Balaban J connectivity index is 2.04. The molecule has 3 rings (SSSR count). The van der Waals surface area contributed by atoms with Gasteiger partial charge in [0.15, 0.2) is 6.10 Å². The second-order valence-corrected chi connectivity index (χ2v) is 4.97. The highest BCUT2D eigenvalue weighted by molar-refractivity contribution is 5.83. The molecule has 0 aliphatic rings. The third-order valence-corrected chi connectivity index (χ3v) is 3.56. The molecule has 0 bridgehead atoms. The lowest BCUT2D eigenvalue weighted by atomic mass is 9.98. The van der Waals surface area contributed by atoms with Crippen LogP contribution in [0.25, 0.3) is 10.8 Å². The summed E-state index contributed by atoms with van der Waals surface area (Å²) in [6.07, 6.45) is -1.18. The van der Waals surface area contributed by atoms with E-state index in [0.29, 0.717) is 0 Å². The summed E-state index contributed by atoms with van der Waals surface area (Å²) in [6, 6.07) is 23.8. The van der Waals surface area contributed by atoms with Gasteiger partial charge < -0.3 is 9.47 Å². The van der Waals surface area contributed by atoms with Crippen LogP contribution in [0.4, 0.5) is 4.79 Å². The van der Waals surface area contributed by atoms with Crippen LogP contribution in [0.1, 0.15) is 17.2 Å². The molecule has 0 aliphatic carbocycles. The molecule has 0 aliphatic heterocycles. The van der Waals surface area contributed by atoms with Crippen molar-refractivity contribution >= 4 is 16.9 Å². The lowest BCUT2D eigenvalue weighted by Gasteiger charge is -2.18. The Morgan fingerprint density at radius 1 is 0.818 bits per heavy atom. The fourth-order valence-corrected chi connectivity index (χ4v) is 2.47. The van der Waals surface area contributed by atoms with E-state index in [1.807, 2.05) is 66.7 Å². The lowest BCUT2D eigenvalue weighted by molar-refractivity contribution is 0.0498. The number of benzene rings is 3. The summed E-state index contributed by atoms with van der Waals surface area (Å²) in [5.41, 5.74) is 1.82. The molecule has 0 saturated heterocycles. The topological polar surface area (TPSA) is 35.5 Å². The molecule has 0 heterocycles. The van der Waals surface area contributed by atoms with E-state index in [1.54, 1.807) is 0 Å². The normalized spacial score (nSPS) is 11.9. The van der Waals surface area contributed by atoms with E-state index in [1.165, 1.54) is 7.11 Å². The summed E-state index contributed by atoms with van der Waals surface area (Å²) >= 11 is 0. The predicted molar refractivity (Wildman–Crippen MR) is 85.7 cm³/mol. The van der Waals surface area contributed by atoms with Gasteiger partial charge >= 0.3 is 6.16 Å². The minimum atomic E-state index is -0.693. The summed E-state index contributed by atoms with van der Waals surface area (Å²) in [4.78, 5) is 11.6. The molecule has 110 valence electrons. The highest BCUT2D eigenvalue weighted by atomic mass is 16.7. The van der Waals surface area contributed by atoms with E-state index in [2.05, 4.69) is 10.8 Å². The first-order valence-corrected chi connectivity index (χ1v) is 7.06. The largest absolute Gasteiger partial charge is 0.508 e. The van der Waals surface area contributed by atoms with Crippen LogP contribution in [0, 0.1) is 0 Å². The SMILES string of the molecule is COC(=O)OC(c1ccccc1)c1ccc2ccccc2c1. The molecule has 3 aromatic rings. The van der Waals surface area contributed by atoms with Crippen molar-refractivity contribution in [2.75, 3.05) is 7.11 Å². The second kappa shape index (κ2) is 6.31. The molecule has 3 heteroatoms. The van der Waals surface area contributed by atoms with Gasteiger partial charge in [0.05, 0.1) is 7.11 Å². The van der Waals surface area contributed by atoms with Gasteiger partial charge in [0.25, 0.3) is 0 Å². The van der Waals surface area contributed by atoms with E-state index in [9.17, 15) is 4.79 Å². The number of rotatable bonds is 3. The number of methoxy groups -OCH3 is 1. The summed E-state index contributed by atoms with van der Waals surface area (Å²) in [6.45, 7) is 0. The number of carbonyl (C=O) groups excluding carboxylic acids is 1.